The van der Waals surface area contributed by atoms with Gasteiger partial charge in [-0.1, -0.05) is 19.1 Å². The van der Waals surface area contributed by atoms with Crippen molar-refractivity contribution in [3.05, 3.63) is 12.2 Å². The van der Waals surface area contributed by atoms with Gasteiger partial charge in [0.1, 0.15) is 0 Å². The third kappa shape index (κ3) is 7.44. The number of nitrogens with one attached hydrogen (secondary N) is 1. The SMILES string of the molecule is C/C=C/CCN=C(NCC)N1CCSC(CC)C1.I. The maximum absolute atomic E-state index is 4.71. The van der Waals surface area contributed by atoms with Gasteiger partial charge in [0.15, 0.2) is 5.96 Å². The lowest BCUT2D eigenvalue weighted by Crippen LogP contribution is -2.48. The van der Waals surface area contributed by atoms with Crippen LogP contribution in [0.15, 0.2) is 17.1 Å². The number of hydrogen-bond acceptors (Lipinski definition) is 2. The van der Waals surface area contributed by atoms with E-state index in [9.17, 15) is 0 Å². The van der Waals surface area contributed by atoms with Crippen LogP contribution in [0.1, 0.15) is 33.6 Å². The van der Waals surface area contributed by atoms with E-state index in [1.54, 1.807) is 0 Å². The van der Waals surface area contributed by atoms with Crippen LogP contribution in [0.3, 0.4) is 0 Å². The summed E-state index contributed by atoms with van der Waals surface area (Å²) in [4.78, 5) is 7.13. The Bertz CT molecular complexity index is 282. The number of aliphatic imine (C=N–C) groups is 1. The minimum Gasteiger partial charge on any atom is -0.357 e. The van der Waals surface area contributed by atoms with Crippen molar-refractivity contribution in [3.8, 4) is 0 Å². The molecule has 1 fully saturated rings. The van der Waals surface area contributed by atoms with Gasteiger partial charge in [-0.15, -0.1) is 24.0 Å². The summed E-state index contributed by atoms with van der Waals surface area (Å²) >= 11 is 2.10. The minimum absolute atomic E-state index is 0. The Morgan fingerprint density at radius 2 is 2.26 bits per heavy atom. The Morgan fingerprint density at radius 1 is 1.47 bits per heavy atom. The highest BCUT2D eigenvalue weighted by molar-refractivity contribution is 14.0. The van der Waals surface area contributed by atoms with E-state index in [1.807, 2.05) is 0 Å². The number of allylic oxidation sites excluding steroid dienone is 1. The van der Waals surface area contributed by atoms with Crippen LogP contribution in [-0.4, -0.2) is 48.0 Å². The molecule has 1 unspecified atom stereocenters. The molecule has 1 atom stereocenters. The van der Waals surface area contributed by atoms with Gasteiger partial charge in [-0.2, -0.15) is 11.8 Å². The third-order valence-corrected chi connectivity index (χ3v) is 4.39. The molecular formula is C14H28IN3S. The zero-order valence-corrected chi connectivity index (χ0v) is 15.5. The van der Waals surface area contributed by atoms with Crippen molar-refractivity contribution in [3.63, 3.8) is 0 Å². The first kappa shape index (κ1) is 19.1. The number of rotatable bonds is 5. The van der Waals surface area contributed by atoms with Crippen LogP contribution < -0.4 is 5.32 Å². The molecule has 0 spiro atoms. The summed E-state index contributed by atoms with van der Waals surface area (Å²) in [7, 11) is 0. The second-order valence-electron chi connectivity index (χ2n) is 4.44. The molecule has 112 valence electrons. The fourth-order valence-corrected chi connectivity index (χ4v) is 3.18. The summed E-state index contributed by atoms with van der Waals surface area (Å²) in [5.41, 5.74) is 0. The standard InChI is InChI=1S/C14H27N3S.HI/c1-4-7-8-9-16-14(15-6-3)17-10-11-18-13(5-2)12-17;/h4,7,13H,5-6,8-12H2,1-3H3,(H,15,16);1H/b7-4+;. The molecule has 0 bridgehead atoms. The Labute approximate surface area is 139 Å². The monoisotopic (exact) mass is 397 g/mol. The van der Waals surface area contributed by atoms with Crippen LogP contribution in [0.5, 0.6) is 0 Å². The largest absolute Gasteiger partial charge is 0.357 e. The van der Waals surface area contributed by atoms with Crippen LogP contribution >= 0.6 is 35.7 Å². The van der Waals surface area contributed by atoms with Crippen LogP contribution in [-0.2, 0) is 0 Å². The van der Waals surface area contributed by atoms with E-state index in [0.717, 1.165) is 43.8 Å². The summed E-state index contributed by atoms with van der Waals surface area (Å²) < 4.78 is 0. The van der Waals surface area contributed by atoms with Gasteiger partial charge in [0.25, 0.3) is 0 Å². The number of thioether (sulfide) groups is 1. The number of nitrogens with zero attached hydrogens (tertiary/aromatic N) is 2. The zero-order valence-electron chi connectivity index (χ0n) is 12.4. The molecule has 19 heavy (non-hydrogen) atoms. The highest BCUT2D eigenvalue weighted by atomic mass is 127. The molecule has 1 rings (SSSR count). The molecule has 1 saturated heterocycles. The van der Waals surface area contributed by atoms with Crippen molar-refractivity contribution in [2.45, 2.75) is 38.9 Å². The Hall–Kier alpha value is 0.0900. The molecule has 0 amide bonds. The van der Waals surface area contributed by atoms with Crippen molar-refractivity contribution < 1.29 is 0 Å². The molecule has 0 aromatic rings. The number of guanidine groups is 1. The lowest BCUT2D eigenvalue weighted by Gasteiger charge is -2.34. The fraction of sp³-hybridized carbons (Fsp3) is 0.786. The predicted molar refractivity (Wildman–Crippen MR) is 98.9 cm³/mol. The first-order chi connectivity index (χ1) is 8.81. The van der Waals surface area contributed by atoms with Gasteiger partial charge in [-0.05, 0) is 26.7 Å². The first-order valence-electron chi connectivity index (χ1n) is 7.07. The van der Waals surface area contributed by atoms with Crippen molar-refractivity contribution in [2.24, 2.45) is 4.99 Å². The van der Waals surface area contributed by atoms with Crippen LogP contribution in [0.25, 0.3) is 0 Å². The summed E-state index contributed by atoms with van der Waals surface area (Å²) in [5, 5.41) is 4.18. The maximum atomic E-state index is 4.71. The van der Waals surface area contributed by atoms with E-state index in [4.69, 9.17) is 4.99 Å². The highest BCUT2D eigenvalue weighted by Crippen LogP contribution is 2.20. The van der Waals surface area contributed by atoms with Gasteiger partial charge in [0.2, 0.25) is 0 Å². The van der Waals surface area contributed by atoms with Crippen LogP contribution in [0.4, 0.5) is 0 Å². The first-order valence-corrected chi connectivity index (χ1v) is 8.12. The van der Waals surface area contributed by atoms with Gasteiger partial charge in [0.05, 0.1) is 0 Å². The van der Waals surface area contributed by atoms with E-state index in [0.29, 0.717) is 0 Å². The van der Waals surface area contributed by atoms with Crippen LogP contribution in [0.2, 0.25) is 0 Å². The molecule has 0 aromatic carbocycles. The van der Waals surface area contributed by atoms with E-state index in [2.05, 4.69) is 54.9 Å². The van der Waals surface area contributed by atoms with Crippen molar-refractivity contribution in [2.75, 3.05) is 31.9 Å². The quantitative estimate of drug-likeness (QED) is 0.254. The molecule has 5 heteroatoms. The van der Waals surface area contributed by atoms with E-state index in [1.165, 1.54) is 12.2 Å². The summed E-state index contributed by atoms with van der Waals surface area (Å²) in [6.07, 6.45) is 6.55. The number of hydrogen-bond donors (Lipinski definition) is 1. The van der Waals surface area contributed by atoms with Crippen molar-refractivity contribution >= 4 is 41.7 Å². The average Bonchev–Trinajstić information content (AvgIpc) is 2.42. The molecule has 1 aliphatic heterocycles. The van der Waals surface area contributed by atoms with Gasteiger partial charge in [0, 0.05) is 37.2 Å². The lowest BCUT2D eigenvalue weighted by atomic mass is 10.3. The molecule has 0 radical (unpaired) electrons. The van der Waals surface area contributed by atoms with E-state index < -0.39 is 0 Å². The lowest BCUT2D eigenvalue weighted by molar-refractivity contribution is 0.408. The topological polar surface area (TPSA) is 27.6 Å². The number of halogens is 1. The fourth-order valence-electron chi connectivity index (χ4n) is 2.00. The molecule has 0 saturated carbocycles. The normalized spacial score (nSPS) is 20.5. The molecule has 3 nitrogen and oxygen atoms in total. The van der Waals surface area contributed by atoms with Gasteiger partial charge < -0.3 is 10.2 Å². The Balaban J connectivity index is 0.00000324. The molecule has 1 N–H and O–H groups in total. The van der Waals surface area contributed by atoms with Gasteiger partial charge >= 0.3 is 0 Å². The second kappa shape index (κ2) is 11.9. The third-order valence-electron chi connectivity index (χ3n) is 3.02. The average molecular weight is 397 g/mol. The smallest absolute Gasteiger partial charge is 0.193 e. The Morgan fingerprint density at radius 3 is 2.89 bits per heavy atom. The molecule has 0 aliphatic carbocycles. The molecule has 0 aromatic heterocycles. The predicted octanol–water partition coefficient (Wildman–Crippen LogP) is 3.36. The van der Waals surface area contributed by atoms with E-state index in [-0.39, 0.29) is 24.0 Å². The van der Waals surface area contributed by atoms with Crippen molar-refractivity contribution in [1.29, 1.82) is 0 Å². The highest BCUT2D eigenvalue weighted by Gasteiger charge is 2.21. The maximum Gasteiger partial charge on any atom is 0.193 e. The summed E-state index contributed by atoms with van der Waals surface area (Å²) in [6.45, 7) is 10.6. The minimum atomic E-state index is 0. The van der Waals surface area contributed by atoms with E-state index >= 15 is 0 Å². The summed E-state index contributed by atoms with van der Waals surface area (Å²) in [6, 6.07) is 0. The second-order valence-corrected chi connectivity index (χ2v) is 5.85. The molecule has 1 aliphatic rings. The van der Waals surface area contributed by atoms with Crippen molar-refractivity contribution in [1.82, 2.24) is 10.2 Å². The van der Waals surface area contributed by atoms with Gasteiger partial charge in [-0.3, -0.25) is 4.99 Å². The van der Waals surface area contributed by atoms with Gasteiger partial charge in [-0.25, -0.2) is 0 Å². The molecule has 1 heterocycles. The zero-order chi connectivity index (χ0) is 13.2. The van der Waals surface area contributed by atoms with Crippen LogP contribution in [0, 0.1) is 0 Å². The summed E-state index contributed by atoms with van der Waals surface area (Å²) in [5.74, 6) is 2.32. The molecular weight excluding hydrogens is 369 g/mol. The Kier molecular flexibility index (Phi) is 11.9.